The smallest absolute Gasteiger partial charge is 0.271 e. The largest absolute Gasteiger partial charge is 0.494 e. The number of rotatable bonds is 5. The summed E-state index contributed by atoms with van der Waals surface area (Å²) in [5.74, 6) is 0.499. The first kappa shape index (κ1) is 27.2. The molecule has 0 aromatic heterocycles. The number of nitro groups is 1. The van der Waals surface area contributed by atoms with Crippen molar-refractivity contribution in [1.82, 2.24) is 4.67 Å². The highest BCUT2D eigenvalue weighted by molar-refractivity contribution is 7.71. The minimum atomic E-state index is -2.87. The average molecular weight is 571 g/mol. The number of hydrogen-bond acceptors (Lipinski definition) is 6. The van der Waals surface area contributed by atoms with Crippen LogP contribution < -0.4 is 14.4 Å². The zero-order chi connectivity index (χ0) is 28.8. The minimum absolute atomic E-state index is 0.0207. The van der Waals surface area contributed by atoms with Crippen molar-refractivity contribution >= 4 is 36.3 Å². The Kier molecular flexibility index (Phi) is 6.96. The number of anilines is 2. The van der Waals surface area contributed by atoms with Crippen molar-refractivity contribution < 1.29 is 9.66 Å². The first-order valence-electron chi connectivity index (χ1n) is 14.0. The number of allylic oxidation sites excluding steroid dienone is 2. The van der Waals surface area contributed by atoms with E-state index in [9.17, 15) is 10.1 Å². The summed E-state index contributed by atoms with van der Waals surface area (Å²) >= 11 is 0. The van der Waals surface area contributed by atoms with E-state index < -0.39 is 7.36 Å². The van der Waals surface area contributed by atoms with E-state index >= 15 is 0 Å². The van der Waals surface area contributed by atoms with Gasteiger partial charge in [0.2, 0.25) is 0 Å². The Bertz CT molecular complexity index is 1610. The van der Waals surface area contributed by atoms with Crippen molar-refractivity contribution in [3.63, 3.8) is 0 Å². The lowest BCUT2D eigenvalue weighted by molar-refractivity contribution is -0.384. The zero-order valence-corrected chi connectivity index (χ0v) is 24.8. The summed E-state index contributed by atoms with van der Waals surface area (Å²) in [6, 6.07) is 23.3. The molecule has 0 spiro atoms. The molecule has 10 heteroatoms. The molecule has 1 atom stereocenters. The van der Waals surface area contributed by atoms with E-state index in [4.69, 9.17) is 14.6 Å². The number of nitro benzene ring substituents is 1. The summed E-state index contributed by atoms with van der Waals surface area (Å²) in [7, 11) is 0.832. The highest BCUT2D eigenvalue weighted by atomic mass is 31.2. The zero-order valence-electron chi connectivity index (χ0n) is 23.9. The summed E-state index contributed by atoms with van der Waals surface area (Å²) in [6.07, 6.45) is 5.25. The van der Waals surface area contributed by atoms with Crippen molar-refractivity contribution in [3.05, 3.63) is 99.5 Å². The van der Waals surface area contributed by atoms with Crippen LogP contribution in [0.4, 0.5) is 22.7 Å². The SMILES string of the molecule is COc1ccc([N+](=O)[O-])cc1N=[P@@]1(N2CCCCC2)/C(=C2/N(C)c3ccccc3C2(C)C)C=NN1c1ccccc1. The van der Waals surface area contributed by atoms with Gasteiger partial charge in [-0.1, -0.05) is 56.7 Å². The normalized spacial score (nSPS) is 23.5. The molecule has 3 aliphatic rings. The van der Waals surface area contributed by atoms with Gasteiger partial charge in [0.15, 0.2) is 7.36 Å². The van der Waals surface area contributed by atoms with Gasteiger partial charge >= 0.3 is 0 Å². The van der Waals surface area contributed by atoms with Crippen LogP contribution in [0.5, 0.6) is 5.75 Å². The lowest BCUT2D eigenvalue weighted by Crippen LogP contribution is -2.34. The number of para-hydroxylation sites is 2. The molecule has 9 nitrogen and oxygen atoms in total. The van der Waals surface area contributed by atoms with Gasteiger partial charge < -0.3 is 9.64 Å². The maximum Gasteiger partial charge on any atom is 0.271 e. The number of nitrogens with zero attached hydrogens (tertiary/aromatic N) is 6. The fourth-order valence-corrected chi connectivity index (χ4v) is 10.4. The molecule has 1 saturated heterocycles. The van der Waals surface area contributed by atoms with Gasteiger partial charge in [-0.3, -0.25) is 10.1 Å². The van der Waals surface area contributed by atoms with Crippen molar-refractivity contribution in [2.75, 3.05) is 36.9 Å². The van der Waals surface area contributed by atoms with Gasteiger partial charge in [0.1, 0.15) is 11.4 Å². The standard InChI is InChI=1S/C31H35N6O3P/c1-31(2)25-15-9-10-16-27(25)34(3)30(31)29-22-32-36(23-13-7-5-8-14-23)41(29,35-19-11-6-12-20-35)33-26-21-24(37(38)39)17-18-28(26)40-4/h5,7-10,13-18,21-22H,6,11-12,19-20H2,1-4H3/b30-29+/t41-/m1/s1. The molecule has 3 heterocycles. The van der Waals surface area contributed by atoms with Gasteiger partial charge in [-0.2, -0.15) is 5.10 Å². The van der Waals surface area contributed by atoms with Crippen LogP contribution in [-0.4, -0.2) is 43.1 Å². The lowest BCUT2D eigenvalue weighted by Gasteiger charge is -2.43. The van der Waals surface area contributed by atoms with Gasteiger partial charge in [-0.25, -0.2) is 14.2 Å². The third-order valence-corrected chi connectivity index (χ3v) is 11.8. The quantitative estimate of drug-likeness (QED) is 0.176. The first-order valence-corrected chi connectivity index (χ1v) is 15.6. The molecule has 3 aliphatic heterocycles. The lowest BCUT2D eigenvalue weighted by atomic mass is 9.84. The van der Waals surface area contributed by atoms with E-state index in [0.717, 1.165) is 54.7 Å². The number of hydrogen-bond donors (Lipinski definition) is 0. The molecular formula is C31H35N6O3P. The topological polar surface area (TPSA) is 86.8 Å². The van der Waals surface area contributed by atoms with Crippen LogP contribution in [0, 0.1) is 10.1 Å². The maximum absolute atomic E-state index is 11.9. The number of fused-ring (bicyclic) bond motifs is 1. The monoisotopic (exact) mass is 570 g/mol. The predicted molar refractivity (Wildman–Crippen MR) is 166 cm³/mol. The molecule has 0 radical (unpaired) electrons. The molecule has 1 fully saturated rings. The number of ether oxygens (including phenoxy) is 1. The Morgan fingerprint density at radius 1 is 1.00 bits per heavy atom. The Morgan fingerprint density at radius 3 is 2.39 bits per heavy atom. The van der Waals surface area contributed by atoms with E-state index in [1.807, 2.05) is 24.4 Å². The summed E-state index contributed by atoms with van der Waals surface area (Å²) < 4.78 is 15.9. The van der Waals surface area contributed by atoms with Gasteiger partial charge in [-0.15, -0.1) is 0 Å². The van der Waals surface area contributed by atoms with Crippen molar-refractivity contribution in [3.8, 4) is 5.75 Å². The summed E-state index contributed by atoms with van der Waals surface area (Å²) in [6.45, 7) is 6.23. The molecule has 0 aliphatic carbocycles. The fraction of sp³-hybridized carbons (Fsp3) is 0.323. The van der Waals surface area contributed by atoms with Crippen molar-refractivity contribution in [2.24, 2.45) is 9.85 Å². The van der Waals surface area contributed by atoms with Crippen LogP contribution in [0.3, 0.4) is 0 Å². The number of likely N-dealkylation sites (N-methyl/N-ethyl adjacent to an activating group) is 1. The van der Waals surface area contributed by atoms with Crippen molar-refractivity contribution in [1.29, 1.82) is 0 Å². The van der Waals surface area contributed by atoms with Crippen molar-refractivity contribution in [2.45, 2.75) is 38.5 Å². The molecule has 0 saturated carbocycles. The average Bonchev–Trinajstić information content (AvgIpc) is 3.45. The van der Waals surface area contributed by atoms with Crippen LogP contribution in [-0.2, 0) is 5.41 Å². The Balaban J connectivity index is 1.73. The van der Waals surface area contributed by atoms with Gasteiger partial charge in [0.25, 0.3) is 5.69 Å². The minimum Gasteiger partial charge on any atom is -0.494 e. The Labute approximate surface area is 241 Å². The third-order valence-electron chi connectivity index (χ3n) is 8.32. The molecule has 3 aromatic carbocycles. The molecule has 0 N–H and O–H groups in total. The Morgan fingerprint density at radius 2 is 1.71 bits per heavy atom. The van der Waals surface area contributed by atoms with Crippen LogP contribution in [0.25, 0.3) is 0 Å². The number of benzene rings is 3. The molecule has 212 valence electrons. The summed E-state index contributed by atoms with van der Waals surface area (Å²) in [4.78, 5) is 13.8. The summed E-state index contributed by atoms with van der Waals surface area (Å²) in [5, 5.41) is 18.0. The maximum atomic E-state index is 11.9. The molecule has 6 rings (SSSR count). The third kappa shape index (κ3) is 4.35. The molecular weight excluding hydrogens is 535 g/mol. The predicted octanol–water partition coefficient (Wildman–Crippen LogP) is 7.90. The second-order valence-electron chi connectivity index (χ2n) is 11.1. The van der Waals surface area contributed by atoms with Gasteiger partial charge in [-0.05, 0) is 42.7 Å². The van der Waals surface area contributed by atoms with Crippen LogP contribution >= 0.6 is 7.36 Å². The fourth-order valence-electron chi connectivity index (χ4n) is 6.42. The number of non-ortho nitro benzene ring substituents is 1. The Hall–Kier alpha value is -3.94. The number of hydrazone groups is 1. The van der Waals surface area contributed by atoms with Gasteiger partial charge in [0, 0.05) is 49.1 Å². The van der Waals surface area contributed by atoms with E-state index in [1.54, 1.807) is 13.2 Å². The van der Waals surface area contributed by atoms with Crippen LogP contribution in [0.1, 0.15) is 38.7 Å². The number of methoxy groups -OCH3 is 1. The highest BCUT2D eigenvalue weighted by Crippen LogP contribution is 2.71. The second-order valence-corrected chi connectivity index (χ2v) is 13.9. The van der Waals surface area contributed by atoms with E-state index in [2.05, 4.69) is 71.6 Å². The summed E-state index contributed by atoms with van der Waals surface area (Å²) in [5.41, 5.74) is 4.62. The van der Waals surface area contributed by atoms with E-state index in [0.29, 0.717) is 11.4 Å². The molecule has 0 amide bonds. The molecule has 0 bridgehead atoms. The van der Waals surface area contributed by atoms with E-state index in [-0.39, 0.29) is 16.0 Å². The second kappa shape index (κ2) is 10.5. The molecule has 41 heavy (non-hydrogen) atoms. The first-order chi connectivity index (χ1) is 19.8. The van der Waals surface area contributed by atoms with Crippen LogP contribution in [0.15, 0.2) is 93.7 Å². The van der Waals surface area contributed by atoms with Crippen LogP contribution in [0.2, 0.25) is 0 Å². The highest BCUT2D eigenvalue weighted by Gasteiger charge is 2.50. The number of piperidine rings is 1. The molecule has 0 unspecified atom stereocenters. The van der Waals surface area contributed by atoms with Gasteiger partial charge in [0.05, 0.1) is 29.2 Å². The van der Waals surface area contributed by atoms with E-state index in [1.165, 1.54) is 17.7 Å². The molecule has 3 aromatic rings.